The van der Waals surface area contributed by atoms with Crippen LogP contribution in [0.25, 0.3) is 4.96 Å². The summed E-state index contributed by atoms with van der Waals surface area (Å²) in [6.45, 7) is 1.48. The zero-order valence-electron chi connectivity index (χ0n) is 10.3. The first-order valence-electron chi connectivity index (χ1n) is 6.16. The molecule has 2 N–H and O–H groups in total. The van der Waals surface area contributed by atoms with E-state index in [1.165, 1.54) is 21.8 Å². The molecule has 7 heteroatoms. The quantitative estimate of drug-likeness (QED) is 0.789. The standard InChI is InChI=1S/C12H15N3O3S/c16-9-4-10(17)7-14(6-9)5-8-3-11(18)15-1-2-19-12(15)13-8/h1-3,9-10,16-17H,4-7H2/t9-,10-/m1/s1. The predicted octanol–water partition coefficient (Wildman–Crippen LogP) is -0.317. The maximum Gasteiger partial charge on any atom is 0.258 e. The van der Waals surface area contributed by atoms with E-state index in [0.717, 1.165) is 0 Å². The minimum Gasteiger partial charge on any atom is -0.392 e. The van der Waals surface area contributed by atoms with E-state index in [1.807, 2.05) is 10.3 Å². The van der Waals surface area contributed by atoms with E-state index in [9.17, 15) is 15.0 Å². The third-order valence-electron chi connectivity index (χ3n) is 3.22. The summed E-state index contributed by atoms with van der Waals surface area (Å²) in [5.74, 6) is 0. The van der Waals surface area contributed by atoms with Gasteiger partial charge in [0.15, 0.2) is 4.96 Å². The molecule has 1 aliphatic rings. The maximum atomic E-state index is 11.8. The Hall–Kier alpha value is -1.28. The molecule has 0 aromatic carbocycles. The van der Waals surface area contributed by atoms with Gasteiger partial charge in [-0.2, -0.15) is 0 Å². The largest absolute Gasteiger partial charge is 0.392 e. The van der Waals surface area contributed by atoms with Crippen molar-refractivity contribution in [3.05, 3.63) is 33.7 Å². The van der Waals surface area contributed by atoms with Gasteiger partial charge in [-0.05, 0) is 0 Å². The second kappa shape index (κ2) is 5.01. The number of aliphatic hydroxyl groups is 2. The molecule has 1 fully saturated rings. The molecule has 0 spiro atoms. The lowest BCUT2D eigenvalue weighted by Gasteiger charge is -2.32. The van der Waals surface area contributed by atoms with Gasteiger partial charge in [0.05, 0.1) is 17.9 Å². The summed E-state index contributed by atoms with van der Waals surface area (Å²) in [5, 5.41) is 21.1. The first-order chi connectivity index (χ1) is 9.11. The number of fused-ring (bicyclic) bond motifs is 1. The summed E-state index contributed by atoms with van der Waals surface area (Å²) in [4.78, 5) is 18.8. The molecule has 3 rings (SSSR count). The minimum atomic E-state index is -0.518. The molecule has 1 saturated heterocycles. The Morgan fingerprint density at radius 2 is 2.11 bits per heavy atom. The van der Waals surface area contributed by atoms with Crippen LogP contribution in [0.1, 0.15) is 12.1 Å². The Morgan fingerprint density at radius 3 is 2.84 bits per heavy atom. The number of β-amino-alcohol motifs (C(OH)–C–C–N with tert-alkyl or cyclic N) is 2. The van der Waals surface area contributed by atoms with E-state index in [1.54, 1.807) is 6.20 Å². The molecule has 2 aromatic rings. The lowest BCUT2D eigenvalue weighted by atomic mass is 10.1. The van der Waals surface area contributed by atoms with Crippen molar-refractivity contribution in [3.63, 3.8) is 0 Å². The number of thiazole rings is 1. The third-order valence-corrected chi connectivity index (χ3v) is 3.98. The molecule has 102 valence electrons. The van der Waals surface area contributed by atoms with Crippen LogP contribution >= 0.6 is 11.3 Å². The van der Waals surface area contributed by atoms with Crippen LogP contribution in [0, 0.1) is 0 Å². The van der Waals surface area contributed by atoms with Gasteiger partial charge in [-0.1, -0.05) is 0 Å². The summed E-state index contributed by atoms with van der Waals surface area (Å²) in [5.41, 5.74) is 0.577. The van der Waals surface area contributed by atoms with Crippen molar-refractivity contribution >= 4 is 16.3 Å². The molecule has 2 atom stereocenters. The molecule has 0 aliphatic carbocycles. The van der Waals surface area contributed by atoms with Crippen molar-refractivity contribution in [3.8, 4) is 0 Å². The number of piperidine rings is 1. The molecule has 19 heavy (non-hydrogen) atoms. The van der Waals surface area contributed by atoms with Gasteiger partial charge in [0, 0.05) is 43.7 Å². The zero-order chi connectivity index (χ0) is 13.4. The van der Waals surface area contributed by atoms with Gasteiger partial charge in [-0.15, -0.1) is 11.3 Å². The van der Waals surface area contributed by atoms with Gasteiger partial charge >= 0.3 is 0 Å². The van der Waals surface area contributed by atoms with Gasteiger partial charge in [-0.3, -0.25) is 14.1 Å². The number of aliphatic hydroxyl groups excluding tert-OH is 2. The van der Waals surface area contributed by atoms with E-state index in [4.69, 9.17) is 0 Å². The lowest BCUT2D eigenvalue weighted by Crippen LogP contribution is -2.45. The van der Waals surface area contributed by atoms with Crippen LogP contribution in [-0.4, -0.2) is 49.8 Å². The highest BCUT2D eigenvalue weighted by atomic mass is 32.1. The monoisotopic (exact) mass is 281 g/mol. The highest BCUT2D eigenvalue weighted by Gasteiger charge is 2.24. The number of aromatic nitrogens is 2. The number of hydrogen-bond donors (Lipinski definition) is 2. The Morgan fingerprint density at radius 1 is 1.37 bits per heavy atom. The molecular formula is C12H15N3O3S. The maximum absolute atomic E-state index is 11.8. The first-order valence-corrected chi connectivity index (χ1v) is 7.04. The molecule has 0 unspecified atom stereocenters. The molecule has 1 aliphatic heterocycles. The molecule has 2 aromatic heterocycles. The smallest absolute Gasteiger partial charge is 0.258 e. The van der Waals surface area contributed by atoms with E-state index >= 15 is 0 Å². The number of rotatable bonds is 2. The summed E-state index contributed by atoms with van der Waals surface area (Å²) in [6, 6.07) is 1.51. The van der Waals surface area contributed by atoms with Gasteiger partial charge in [-0.25, -0.2) is 4.98 Å². The number of likely N-dealkylation sites (tertiary alicyclic amines) is 1. The Bertz CT molecular complexity index is 628. The summed E-state index contributed by atoms with van der Waals surface area (Å²) >= 11 is 1.41. The molecule has 6 nitrogen and oxygen atoms in total. The van der Waals surface area contributed by atoms with E-state index in [-0.39, 0.29) is 5.56 Å². The van der Waals surface area contributed by atoms with E-state index < -0.39 is 12.2 Å². The fourth-order valence-electron chi connectivity index (χ4n) is 2.46. The molecule has 0 saturated carbocycles. The second-order valence-electron chi connectivity index (χ2n) is 4.88. The highest BCUT2D eigenvalue weighted by Crippen LogP contribution is 2.14. The van der Waals surface area contributed by atoms with Crippen LogP contribution in [0.5, 0.6) is 0 Å². The van der Waals surface area contributed by atoms with Gasteiger partial charge < -0.3 is 10.2 Å². The topological polar surface area (TPSA) is 78.1 Å². The van der Waals surface area contributed by atoms with Crippen LogP contribution < -0.4 is 5.56 Å². The molecule has 3 heterocycles. The van der Waals surface area contributed by atoms with Crippen LogP contribution in [0.3, 0.4) is 0 Å². The van der Waals surface area contributed by atoms with Gasteiger partial charge in [0.25, 0.3) is 5.56 Å². The van der Waals surface area contributed by atoms with Gasteiger partial charge in [0.2, 0.25) is 0 Å². The number of nitrogens with zero attached hydrogens (tertiary/aromatic N) is 3. The SMILES string of the molecule is O=c1cc(CN2C[C@H](O)C[C@@H](O)C2)nc2sccn12. The Kier molecular flexibility index (Phi) is 3.36. The Balaban J connectivity index is 1.83. The fourth-order valence-corrected chi connectivity index (χ4v) is 3.20. The lowest BCUT2D eigenvalue weighted by molar-refractivity contribution is -0.0114. The molecule has 0 amide bonds. The summed E-state index contributed by atoms with van der Waals surface area (Å²) in [7, 11) is 0. The normalized spacial score (nSPS) is 24.9. The van der Waals surface area contributed by atoms with Crippen molar-refractivity contribution in [1.29, 1.82) is 0 Å². The van der Waals surface area contributed by atoms with Crippen molar-refractivity contribution in [2.75, 3.05) is 13.1 Å². The third kappa shape index (κ3) is 2.69. The summed E-state index contributed by atoms with van der Waals surface area (Å²) in [6.07, 6.45) is 1.08. The van der Waals surface area contributed by atoms with Crippen LogP contribution in [-0.2, 0) is 6.54 Å². The highest BCUT2D eigenvalue weighted by molar-refractivity contribution is 7.15. The van der Waals surface area contributed by atoms with Crippen LogP contribution in [0.2, 0.25) is 0 Å². The minimum absolute atomic E-state index is 0.0978. The predicted molar refractivity (Wildman–Crippen MR) is 71.2 cm³/mol. The number of hydrogen-bond acceptors (Lipinski definition) is 6. The Labute approximate surface area is 113 Å². The summed E-state index contributed by atoms with van der Waals surface area (Å²) < 4.78 is 1.51. The van der Waals surface area contributed by atoms with Crippen molar-refractivity contribution in [1.82, 2.24) is 14.3 Å². The van der Waals surface area contributed by atoms with Crippen molar-refractivity contribution in [2.45, 2.75) is 25.2 Å². The molecule has 0 bridgehead atoms. The first kappa shape index (κ1) is 12.7. The average Bonchev–Trinajstić information content (AvgIpc) is 2.75. The van der Waals surface area contributed by atoms with Gasteiger partial charge in [0.1, 0.15) is 0 Å². The van der Waals surface area contributed by atoms with Crippen molar-refractivity contribution < 1.29 is 10.2 Å². The second-order valence-corrected chi connectivity index (χ2v) is 5.75. The molecular weight excluding hydrogens is 266 g/mol. The van der Waals surface area contributed by atoms with E-state index in [0.29, 0.717) is 36.7 Å². The average molecular weight is 281 g/mol. The fraction of sp³-hybridized carbons (Fsp3) is 0.500. The van der Waals surface area contributed by atoms with Crippen molar-refractivity contribution in [2.24, 2.45) is 0 Å². The molecule has 0 radical (unpaired) electrons. The van der Waals surface area contributed by atoms with E-state index in [2.05, 4.69) is 4.98 Å². The van der Waals surface area contributed by atoms with Crippen LogP contribution in [0.4, 0.5) is 0 Å². The van der Waals surface area contributed by atoms with Crippen LogP contribution in [0.15, 0.2) is 22.4 Å². The zero-order valence-corrected chi connectivity index (χ0v) is 11.1.